The number of methoxy groups -OCH3 is 2. The predicted octanol–water partition coefficient (Wildman–Crippen LogP) is 3.45. The van der Waals surface area contributed by atoms with E-state index < -0.39 is 0 Å². The monoisotopic (exact) mass is 350 g/mol. The van der Waals surface area contributed by atoms with Gasteiger partial charge in [0.15, 0.2) is 11.5 Å². The number of ether oxygens (including phenoxy) is 2. The molecular weight excluding hydrogens is 328 g/mol. The van der Waals surface area contributed by atoms with Crippen LogP contribution in [0.4, 0.5) is 0 Å². The topological polar surface area (TPSA) is 51.7 Å². The van der Waals surface area contributed by atoms with Gasteiger partial charge in [-0.2, -0.15) is 0 Å². The Bertz CT molecular complexity index is 919. The third-order valence-corrected chi connectivity index (χ3v) is 4.38. The van der Waals surface area contributed by atoms with Crippen LogP contribution in [0.5, 0.6) is 11.5 Å². The Morgan fingerprint density at radius 3 is 2.50 bits per heavy atom. The normalized spacial score (nSPS) is 10.6. The number of likely N-dealkylation sites (N-methyl/N-ethyl adjacent to an activating group) is 1. The van der Waals surface area contributed by atoms with Crippen molar-refractivity contribution >= 4 is 16.8 Å². The average Bonchev–Trinajstić information content (AvgIpc) is 2.67. The number of fused-ring (bicyclic) bond motifs is 1. The molecule has 1 aromatic heterocycles. The molecule has 3 rings (SSSR count). The largest absolute Gasteiger partial charge is 0.493 e. The van der Waals surface area contributed by atoms with Gasteiger partial charge >= 0.3 is 0 Å². The molecule has 0 bridgehead atoms. The second-order valence-corrected chi connectivity index (χ2v) is 6.07. The van der Waals surface area contributed by atoms with Gasteiger partial charge in [0.1, 0.15) is 0 Å². The summed E-state index contributed by atoms with van der Waals surface area (Å²) in [6.07, 6.45) is 2.05. The Hall–Kier alpha value is -3.08. The first-order valence-corrected chi connectivity index (χ1v) is 8.40. The van der Waals surface area contributed by atoms with Gasteiger partial charge < -0.3 is 14.4 Å². The molecule has 5 heteroatoms. The highest BCUT2D eigenvalue weighted by Gasteiger charge is 2.16. The van der Waals surface area contributed by atoms with E-state index in [9.17, 15) is 4.79 Å². The molecule has 0 spiro atoms. The minimum atomic E-state index is 0.0213. The van der Waals surface area contributed by atoms with Crippen LogP contribution in [0.3, 0.4) is 0 Å². The number of pyridine rings is 1. The summed E-state index contributed by atoms with van der Waals surface area (Å²) >= 11 is 0. The van der Waals surface area contributed by atoms with Gasteiger partial charge in [0.05, 0.1) is 26.2 Å². The van der Waals surface area contributed by atoms with Crippen molar-refractivity contribution in [2.75, 3.05) is 21.3 Å². The van der Waals surface area contributed by atoms with E-state index >= 15 is 0 Å². The molecule has 3 aromatic rings. The molecule has 0 atom stereocenters. The molecule has 1 amide bonds. The van der Waals surface area contributed by atoms with Crippen molar-refractivity contribution in [1.82, 2.24) is 9.88 Å². The lowest BCUT2D eigenvalue weighted by atomic mass is 10.1. The summed E-state index contributed by atoms with van der Waals surface area (Å²) < 4.78 is 10.8. The fraction of sp³-hybridized carbons (Fsp3) is 0.238. The molecule has 2 aromatic carbocycles. The zero-order valence-corrected chi connectivity index (χ0v) is 15.2. The van der Waals surface area contributed by atoms with Crippen molar-refractivity contribution < 1.29 is 14.3 Å². The smallest absolute Gasteiger partial charge is 0.227 e. The first kappa shape index (κ1) is 17.7. The lowest BCUT2D eigenvalue weighted by Crippen LogP contribution is -2.28. The number of aromatic nitrogens is 1. The average molecular weight is 350 g/mol. The summed E-state index contributed by atoms with van der Waals surface area (Å²) in [5.74, 6) is 1.33. The standard InChI is InChI=1S/C21H22N2O3/c1-23(14-17-9-5-11-18(25-2)21(17)26-3)19(24)13-16-8-4-7-15-10-6-12-22-20(15)16/h4-12H,13-14H2,1-3H3. The second-order valence-electron chi connectivity index (χ2n) is 6.07. The van der Waals surface area contributed by atoms with Gasteiger partial charge in [-0.3, -0.25) is 9.78 Å². The first-order chi connectivity index (χ1) is 12.6. The number of hydrogen-bond donors (Lipinski definition) is 0. The Morgan fingerprint density at radius 2 is 1.73 bits per heavy atom. The number of para-hydroxylation sites is 2. The summed E-state index contributed by atoms with van der Waals surface area (Å²) in [6.45, 7) is 0.442. The van der Waals surface area contributed by atoms with E-state index in [2.05, 4.69) is 4.98 Å². The molecule has 0 fully saturated rings. The minimum Gasteiger partial charge on any atom is -0.493 e. The Kier molecular flexibility index (Phi) is 5.37. The van der Waals surface area contributed by atoms with Crippen molar-refractivity contribution in [2.24, 2.45) is 0 Å². The van der Waals surface area contributed by atoms with Crippen LogP contribution in [0.2, 0.25) is 0 Å². The summed E-state index contributed by atoms with van der Waals surface area (Å²) in [7, 11) is 4.99. The molecular formula is C21H22N2O3. The second kappa shape index (κ2) is 7.87. The van der Waals surface area contributed by atoms with Crippen molar-refractivity contribution in [1.29, 1.82) is 0 Å². The maximum Gasteiger partial charge on any atom is 0.227 e. The highest BCUT2D eigenvalue weighted by atomic mass is 16.5. The van der Waals surface area contributed by atoms with Gasteiger partial charge in [-0.05, 0) is 17.7 Å². The summed E-state index contributed by atoms with van der Waals surface area (Å²) in [5.41, 5.74) is 2.70. The van der Waals surface area contributed by atoms with Crippen LogP contribution in [0.25, 0.3) is 10.9 Å². The van der Waals surface area contributed by atoms with E-state index in [0.29, 0.717) is 24.5 Å². The number of hydrogen-bond acceptors (Lipinski definition) is 4. The molecule has 1 heterocycles. The maximum absolute atomic E-state index is 12.7. The number of nitrogens with zero attached hydrogens (tertiary/aromatic N) is 2. The quantitative estimate of drug-likeness (QED) is 0.683. The Balaban J connectivity index is 1.78. The highest BCUT2D eigenvalue weighted by Crippen LogP contribution is 2.31. The van der Waals surface area contributed by atoms with Crippen LogP contribution >= 0.6 is 0 Å². The molecule has 0 saturated carbocycles. The molecule has 0 aliphatic carbocycles. The van der Waals surface area contributed by atoms with Gasteiger partial charge in [-0.1, -0.05) is 36.4 Å². The Morgan fingerprint density at radius 1 is 1.00 bits per heavy atom. The van der Waals surface area contributed by atoms with Gasteiger partial charge in [0.25, 0.3) is 0 Å². The summed E-state index contributed by atoms with van der Waals surface area (Å²) in [5, 5.41) is 1.04. The molecule has 0 radical (unpaired) electrons. The van der Waals surface area contributed by atoms with Crippen LogP contribution in [0.15, 0.2) is 54.7 Å². The fourth-order valence-corrected chi connectivity index (χ4v) is 3.03. The number of carbonyl (C=O) groups excluding carboxylic acids is 1. The van der Waals surface area contributed by atoms with Gasteiger partial charge in [0, 0.05) is 30.7 Å². The molecule has 0 unspecified atom stereocenters. The molecule has 26 heavy (non-hydrogen) atoms. The maximum atomic E-state index is 12.7. The molecule has 5 nitrogen and oxygen atoms in total. The molecule has 0 N–H and O–H groups in total. The predicted molar refractivity (Wildman–Crippen MR) is 101 cm³/mol. The zero-order chi connectivity index (χ0) is 18.5. The van der Waals surface area contributed by atoms with Crippen LogP contribution in [0, 0.1) is 0 Å². The minimum absolute atomic E-state index is 0.0213. The Labute approximate surface area is 153 Å². The van der Waals surface area contributed by atoms with E-state index in [-0.39, 0.29) is 5.91 Å². The third-order valence-electron chi connectivity index (χ3n) is 4.38. The lowest BCUT2D eigenvalue weighted by molar-refractivity contribution is -0.129. The first-order valence-electron chi connectivity index (χ1n) is 8.40. The van der Waals surface area contributed by atoms with Crippen molar-refractivity contribution in [2.45, 2.75) is 13.0 Å². The van der Waals surface area contributed by atoms with Crippen molar-refractivity contribution in [3.05, 3.63) is 65.9 Å². The van der Waals surface area contributed by atoms with Crippen molar-refractivity contribution in [3.63, 3.8) is 0 Å². The molecule has 0 aliphatic heterocycles. The molecule has 0 aliphatic rings. The van der Waals surface area contributed by atoms with Gasteiger partial charge in [-0.15, -0.1) is 0 Å². The fourth-order valence-electron chi connectivity index (χ4n) is 3.03. The third kappa shape index (κ3) is 3.61. The summed E-state index contributed by atoms with van der Waals surface area (Å²) in [4.78, 5) is 18.9. The number of amides is 1. The van der Waals surface area contributed by atoms with Gasteiger partial charge in [0.2, 0.25) is 5.91 Å². The summed E-state index contributed by atoms with van der Waals surface area (Å²) in [6, 6.07) is 15.5. The number of benzene rings is 2. The van der Waals surface area contributed by atoms with Crippen molar-refractivity contribution in [3.8, 4) is 11.5 Å². The van der Waals surface area contributed by atoms with E-state index in [1.807, 2.05) is 48.5 Å². The zero-order valence-electron chi connectivity index (χ0n) is 15.2. The van der Waals surface area contributed by atoms with E-state index in [4.69, 9.17) is 9.47 Å². The molecule has 134 valence electrons. The number of rotatable bonds is 6. The highest BCUT2D eigenvalue weighted by molar-refractivity contribution is 5.87. The SMILES string of the molecule is COc1cccc(CN(C)C(=O)Cc2cccc3cccnc23)c1OC. The van der Waals surface area contributed by atoms with Crippen LogP contribution < -0.4 is 9.47 Å². The van der Waals surface area contributed by atoms with E-state index in [1.165, 1.54) is 0 Å². The van der Waals surface area contributed by atoms with Crippen LogP contribution in [-0.4, -0.2) is 37.1 Å². The lowest BCUT2D eigenvalue weighted by Gasteiger charge is -2.20. The van der Waals surface area contributed by atoms with E-state index in [0.717, 1.165) is 22.0 Å². The van der Waals surface area contributed by atoms with E-state index in [1.54, 1.807) is 32.4 Å². The number of carbonyl (C=O) groups is 1. The van der Waals surface area contributed by atoms with Gasteiger partial charge in [-0.25, -0.2) is 0 Å². The van der Waals surface area contributed by atoms with Crippen LogP contribution in [0.1, 0.15) is 11.1 Å². The molecule has 0 saturated heterocycles. The van der Waals surface area contributed by atoms with Crippen LogP contribution in [-0.2, 0) is 17.8 Å².